The van der Waals surface area contributed by atoms with Crippen LogP contribution in [-0.2, 0) is 25.7 Å². The zero-order valence-electron chi connectivity index (χ0n) is 18.2. The first-order chi connectivity index (χ1) is 16.4. The van der Waals surface area contributed by atoms with Crippen molar-refractivity contribution < 1.29 is 28.3 Å². The first-order valence-corrected chi connectivity index (χ1v) is 10.5. The molecule has 1 aromatic heterocycles. The Morgan fingerprint density at radius 2 is 1.82 bits per heavy atom. The molecule has 0 spiro atoms. The molecule has 0 atom stereocenters. The standard InChI is InChI=1S/C24H21FN4O5/c1-2-34-22(31)14-28-12-15(16-7-3-6-10-20(16)28)11-19-23(32)29(24(33)27-19)13-21(30)26-18-9-5-4-8-17(18)25/h3-12H,2,13-14H2,1H3,(H,26,30)(H,27,33)/b19-11+. The average molecular weight is 464 g/mol. The molecule has 1 aliphatic heterocycles. The van der Waals surface area contributed by atoms with E-state index in [1.54, 1.807) is 23.8 Å². The molecular weight excluding hydrogens is 443 g/mol. The van der Waals surface area contributed by atoms with Crippen LogP contribution >= 0.6 is 0 Å². The van der Waals surface area contributed by atoms with Gasteiger partial charge in [0.05, 0.1) is 12.3 Å². The Balaban J connectivity index is 1.54. The summed E-state index contributed by atoms with van der Waals surface area (Å²) in [4.78, 5) is 50.2. The topological polar surface area (TPSA) is 110 Å². The molecular formula is C24H21FN4O5. The van der Waals surface area contributed by atoms with Gasteiger partial charge in [0.15, 0.2) is 0 Å². The third-order valence-corrected chi connectivity index (χ3v) is 5.14. The van der Waals surface area contributed by atoms with Crippen molar-refractivity contribution in [1.29, 1.82) is 0 Å². The molecule has 0 unspecified atom stereocenters. The summed E-state index contributed by atoms with van der Waals surface area (Å²) in [5.41, 5.74) is 1.27. The van der Waals surface area contributed by atoms with Gasteiger partial charge in [0, 0.05) is 22.7 Å². The molecule has 0 aliphatic carbocycles. The lowest BCUT2D eigenvalue weighted by atomic mass is 10.1. The van der Waals surface area contributed by atoms with Gasteiger partial charge >= 0.3 is 12.0 Å². The number of hydrogen-bond donors (Lipinski definition) is 2. The zero-order chi connectivity index (χ0) is 24.2. The minimum Gasteiger partial charge on any atom is -0.465 e. The molecule has 1 fully saturated rings. The van der Waals surface area contributed by atoms with Crippen LogP contribution in [0.1, 0.15) is 12.5 Å². The Bertz CT molecular complexity index is 1330. The van der Waals surface area contributed by atoms with Gasteiger partial charge in [-0.05, 0) is 31.2 Å². The largest absolute Gasteiger partial charge is 0.465 e. The first kappa shape index (κ1) is 22.7. The van der Waals surface area contributed by atoms with Crippen LogP contribution in [-0.4, -0.2) is 46.4 Å². The summed E-state index contributed by atoms with van der Waals surface area (Å²) in [5, 5.41) is 5.57. The van der Waals surface area contributed by atoms with E-state index in [0.717, 1.165) is 15.8 Å². The van der Waals surface area contributed by atoms with Crippen molar-refractivity contribution in [2.75, 3.05) is 18.5 Å². The third-order valence-electron chi connectivity index (χ3n) is 5.14. The van der Waals surface area contributed by atoms with Gasteiger partial charge in [-0.1, -0.05) is 30.3 Å². The van der Waals surface area contributed by atoms with Crippen molar-refractivity contribution >= 4 is 46.5 Å². The Kier molecular flexibility index (Phi) is 6.39. The van der Waals surface area contributed by atoms with Crippen LogP contribution in [0.15, 0.2) is 60.4 Å². The fraction of sp³-hybridized carbons (Fsp3) is 0.167. The molecule has 9 nitrogen and oxygen atoms in total. The van der Waals surface area contributed by atoms with E-state index in [0.29, 0.717) is 5.56 Å². The number of carbonyl (C=O) groups excluding carboxylic acids is 4. The Morgan fingerprint density at radius 1 is 1.09 bits per heavy atom. The molecule has 0 bridgehead atoms. The second-order valence-corrected chi connectivity index (χ2v) is 7.44. The summed E-state index contributed by atoms with van der Waals surface area (Å²) >= 11 is 0. The fourth-order valence-electron chi connectivity index (χ4n) is 3.63. The van der Waals surface area contributed by atoms with Crippen molar-refractivity contribution in [3.63, 3.8) is 0 Å². The van der Waals surface area contributed by atoms with Crippen LogP contribution in [0, 0.1) is 5.82 Å². The predicted octanol–water partition coefficient (Wildman–Crippen LogP) is 2.87. The molecule has 1 saturated heterocycles. The summed E-state index contributed by atoms with van der Waals surface area (Å²) in [5.74, 6) is -2.45. The number of urea groups is 1. The molecule has 0 saturated carbocycles. The molecule has 34 heavy (non-hydrogen) atoms. The molecule has 2 N–H and O–H groups in total. The minimum atomic E-state index is -0.768. The van der Waals surface area contributed by atoms with Gasteiger partial charge in [-0.3, -0.25) is 14.4 Å². The number of rotatable bonds is 7. The third kappa shape index (κ3) is 4.65. The van der Waals surface area contributed by atoms with Crippen molar-refractivity contribution in [3.8, 4) is 0 Å². The van der Waals surface area contributed by atoms with Crippen molar-refractivity contribution in [2.45, 2.75) is 13.5 Å². The van der Waals surface area contributed by atoms with Crippen molar-refractivity contribution in [2.24, 2.45) is 0 Å². The Hall–Kier alpha value is -4.47. The number of fused-ring (bicyclic) bond motifs is 1. The average Bonchev–Trinajstić information content (AvgIpc) is 3.27. The van der Waals surface area contributed by atoms with E-state index >= 15 is 0 Å². The highest BCUT2D eigenvalue weighted by atomic mass is 19.1. The van der Waals surface area contributed by atoms with Crippen molar-refractivity contribution in [1.82, 2.24) is 14.8 Å². The molecule has 10 heteroatoms. The van der Waals surface area contributed by atoms with E-state index in [9.17, 15) is 23.6 Å². The number of carbonyl (C=O) groups is 4. The highest BCUT2D eigenvalue weighted by Crippen LogP contribution is 2.25. The van der Waals surface area contributed by atoms with E-state index in [-0.39, 0.29) is 24.5 Å². The van der Waals surface area contributed by atoms with Crippen LogP contribution in [0.3, 0.4) is 0 Å². The number of nitrogens with zero attached hydrogens (tertiary/aromatic N) is 2. The molecule has 2 heterocycles. The van der Waals surface area contributed by atoms with E-state index in [1.807, 2.05) is 24.3 Å². The SMILES string of the molecule is CCOC(=O)Cn1cc(/C=C2/NC(=O)N(CC(=O)Nc3ccccc3F)C2=O)c2ccccc21. The number of hydrogen-bond acceptors (Lipinski definition) is 5. The Morgan fingerprint density at radius 3 is 2.59 bits per heavy atom. The van der Waals surface area contributed by atoms with E-state index in [2.05, 4.69) is 10.6 Å². The van der Waals surface area contributed by atoms with E-state index in [4.69, 9.17) is 4.74 Å². The summed E-state index contributed by atoms with van der Waals surface area (Å²) in [6, 6.07) is 12.1. The van der Waals surface area contributed by atoms with Crippen LogP contribution < -0.4 is 10.6 Å². The number of halogens is 1. The molecule has 1 aliphatic rings. The van der Waals surface area contributed by atoms with Gasteiger partial charge in [-0.2, -0.15) is 0 Å². The molecule has 4 amide bonds. The second-order valence-electron chi connectivity index (χ2n) is 7.44. The maximum absolute atomic E-state index is 13.8. The minimum absolute atomic E-state index is 0.0137. The van der Waals surface area contributed by atoms with Crippen LogP contribution in [0.5, 0.6) is 0 Å². The van der Waals surface area contributed by atoms with Gasteiger partial charge in [0.2, 0.25) is 5.91 Å². The molecule has 174 valence electrons. The number of para-hydroxylation sites is 2. The number of benzene rings is 2. The summed E-state index contributed by atoms with van der Waals surface area (Å²) < 4.78 is 20.5. The predicted molar refractivity (Wildman–Crippen MR) is 122 cm³/mol. The summed E-state index contributed by atoms with van der Waals surface area (Å²) in [6.45, 7) is 1.38. The normalized spacial score (nSPS) is 14.5. The highest BCUT2D eigenvalue weighted by Gasteiger charge is 2.35. The second kappa shape index (κ2) is 9.57. The van der Waals surface area contributed by atoms with Gasteiger partial charge in [0.25, 0.3) is 5.91 Å². The smallest absolute Gasteiger partial charge is 0.329 e. The van der Waals surface area contributed by atoms with Crippen LogP contribution in [0.2, 0.25) is 0 Å². The monoisotopic (exact) mass is 464 g/mol. The number of esters is 1. The van der Waals surface area contributed by atoms with Gasteiger partial charge in [-0.25, -0.2) is 14.1 Å². The maximum atomic E-state index is 13.8. The number of amides is 4. The van der Waals surface area contributed by atoms with Gasteiger partial charge in [-0.15, -0.1) is 0 Å². The molecule has 4 rings (SSSR count). The summed E-state index contributed by atoms with van der Waals surface area (Å²) in [6.07, 6.45) is 3.17. The first-order valence-electron chi connectivity index (χ1n) is 10.5. The van der Waals surface area contributed by atoms with Crippen LogP contribution in [0.25, 0.3) is 17.0 Å². The van der Waals surface area contributed by atoms with Gasteiger partial charge < -0.3 is 19.9 Å². The fourth-order valence-corrected chi connectivity index (χ4v) is 3.63. The maximum Gasteiger partial charge on any atom is 0.329 e. The lowest BCUT2D eigenvalue weighted by molar-refractivity contribution is -0.143. The zero-order valence-corrected chi connectivity index (χ0v) is 18.2. The number of anilines is 1. The molecule has 3 aromatic rings. The molecule has 0 radical (unpaired) electrons. The molecule has 2 aromatic carbocycles. The van der Waals surface area contributed by atoms with E-state index in [1.165, 1.54) is 24.3 Å². The van der Waals surface area contributed by atoms with Gasteiger partial charge in [0.1, 0.15) is 24.6 Å². The van der Waals surface area contributed by atoms with Crippen molar-refractivity contribution in [3.05, 3.63) is 71.8 Å². The number of nitrogens with one attached hydrogen (secondary N) is 2. The lowest BCUT2D eigenvalue weighted by Gasteiger charge is -2.12. The number of aromatic nitrogens is 1. The summed E-state index contributed by atoms with van der Waals surface area (Å²) in [7, 11) is 0. The van der Waals surface area contributed by atoms with E-state index < -0.39 is 36.2 Å². The Labute approximate surface area is 193 Å². The number of imide groups is 1. The number of ether oxygens (including phenoxy) is 1. The quantitative estimate of drug-likeness (QED) is 0.318. The lowest BCUT2D eigenvalue weighted by Crippen LogP contribution is -2.38. The van der Waals surface area contributed by atoms with Crippen LogP contribution in [0.4, 0.5) is 14.9 Å². The highest BCUT2D eigenvalue weighted by molar-refractivity contribution is 6.16.